The first-order valence-corrected chi connectivity index (χ1v) is 5.79. The molecule has 2 rings (SSSR count). The van der Waals surface area contributed by atoms with Crippen LogP contribution in [0, 0.1) is 0 Å². The second kappa shape index (κ2) is 5.48. The monoisotopic (exact) mass is 274 g/mol. The molecular formula is C12H13F3N2O2. The van der Waals surface area contributed by atoms with E-state index in [2.05, 4.69) is 0 Å². The van der Waals surface area contributed by atoms with E-state index in [4.69, 9.17) is 4.74 Å². The Morgan fingerprint density at radius 2 is 1.74 bits per heavy atom. The van der Waals surface area contributed by atoms with E-state index in [-0.39, 0.29) is 36.9 Å². The van der Waals surface area contributed by atoms with Crippen molar-refractivity contribution < 1.29 is 22.7 Å². The van der Waals surface area contributed by atoms with E-state index in [1.165, 1.54) is 24.3 Å². The fourth-order valence-corrected chi connectivity index (χ4v) is 1.84. The van der Waals surface area contributed by atoms with Crippen molar-refractivity contribution in [3.63, 3.8) is 0 Å². The second-order valence-electron chi connectivity index (χ2n) is 4.02. The van der Waals surface area contributed by atoms with Crippen LogP contribution in [0.3, 0.4) is 0 Å². The van der Waals surface area contributed by atoms with Crippen LogP contribution in [0.15, 0.2) is 30.3 Å². The number of alkyl halides is 3. The first kappa shape index (κ1) is 13.7. The Labute approximate surface area is 108 Å². The zero-order valence-electron chi connectivity index (χ0n) is 10.1. The molecule has 1 fully saturated rings. The number of ether oxygens (including phenoxy) is 1. The molecule has 104 valence electrons. The second-order valence-corrected chi connectivity index (χ2v) is 4.02. The van der Waals surface area contributed by atoms with Crippen molar-refractivity contribution in [2.24, 2.45) is 0 Å². The van der Waals surface area contributed by atoms with Crippen molar-refractivity contribution in [3.05, 3.63) is 30.3 Å². The molecule has 0 radical (unpaired) electrons. The van der Waals surface area contributed by atoms with Crippen LogP contribution in [0.1, 0.15) is 0 Å². The first-order chi connectivity index (χ1) is 9.00. The summed E-state index contributed by atoms with van der Waals surface area (Å²) in [5.41, 5.74) is -0.188. The number of rotatable bonds is 1. The third kappa shape index (κ3) is 3.17. The molecule has 2 amide bonds. The molecule has 1 heterocycles. The quantitative estimate of drug-likeness (QED) is 0.737. The highest BCUT2D eigenvalue weighted by Gasteiger charge is 2.44. The summed E-state index contributed by atoms with van der Waals surface area (Å²) in [6.45, 7) is 0.842. The van der Waals surface area contributed by atoms with Gasteiger partial charge in [0.15, 0.2) is 0 Å². The Morgan fingerprint density at radius 3 is 2.26 bits per heavy atom. The van der Waals surface area contributed by atoms with E-state index < -0.39 is 12.3 Å². The highest BCUT2D eigenvalue weighted by Crippen LogP contribution is 2.29. The zero-order chi connectivity index (χ0) is 13.9. The highest BCUT2D eigenvalue weighted by atomic mass is 19.4. The van der Waals surface area contributed by atoms with E-state index in [0.717, 1.165) is 4.90 Å². The standard InChI is InChI=1S/C12H13F3N2O2/c13-12(14,15)17(10-4-2-1-3-5-10)11(18)16-6-8-19-9-7-16/h1-5H,6-9H2. The number of para-hydroxylation sites is 1. The van der Waals surface area contributed by atoms with Crippen LogP contribution in [-0.2, 0) is 4.74 Å². The SMILES string of the molecule is O=C(N1CCOCC1)N(c1ccccc1)C(F)(F)F. The Balaban J connectivity index is 2.25. The van der Waals surface area contributed by atoms with Crippen molar-refractivity contribution in [3.8, 4) is 0 Å². The Kier molecular flexibility index (Phi) is 3.94. The lowest BCUT2D eigenvalue weighted by atomic mass is 10.3. The fourth-order valence-electron chi connectivity index (χ4n) is 1.84. The minimum absolute atomic E-state index is 0.141. The lowest BCUT2D eigenvalue weighted by molar-refractivity contribution is -0.123. The molecule has 0 atom stereocenters. The first-order valence-electron chi connectivity index (χ1n) is 5.79. The summed E-state index contributed by atoms with van der Waals surface area (Å²) in [6, 6.07) is 5.96. The summed E-state index contributed by atoms with van der Waals surface area (Å²) >= 11 is 0. The van der Waals surface area contributed by atoms with Crippen molar-refractivity contribution in [2.45, 2.75) is 6.30 Å². The molecule has 4 nitrogen and oxygen atoms in total. The van der Waals surface area contributed by atoms with E-state index in [1.807, 2.05) is 0 Å². The summed E-state index contributed by atoms with van der Waals surface area (Å²) in [5, 5.41) is 0. The van der Waals surface area contributed by atoms with Gasteiger partial charge in [-0.15, -0.1) is 13.2 Å². The Bertz CT molecular complexity index is 430. The minimum atomic E-state index is -4.75. The lowest BCUT2D eigenvalue weighted by Crippen LogP contribution is -2.53. The molecule has 19 heavy (non-hydrogen) atoms. The van der Waals surface area contributed by atoms with Crippen LogP contribution >= 0.6 is 0 Å². The molecule has 7 heteroatoms. The van der Waals surface area contributed by atoms with Crippen LogP contribution in [0.5, 0.6) is 0 Å². The van der Waals surface area contributed by atoms with Gasteiger partial charge in [0.2, 0.25) is 0 Å². The third-order valence-corrected chi connectivity index (χ3v) is 2.74. The van der Waals surface area contributed by atoms with E-state index >= 15 is 0 Å². The number of halogens is 3. The molecule has 1 aromatic carbocycles. The van der Waals surface area contributed by atoms with Gasteiger partial charge in [0.05, 0.1) is 18.9 Å². The van der Waals surface area contributed by atoms with Crippen LogP contribution in [0.2, 0.25) is 0 Å². The van der Waals surface area contributed by atoms with Gasteiger partial charge in [0.1, 0.15) is 0 Å². The Morgan fingerprint density at radius 1 is 1.16 bits per heavy atom. The lowest BCUT2D eigenvalue weighted by Gasteiger charge is -2.33. The van der Waals surface area contributed by atoms with Crippen molar-refractivity contribution in [1.29, 1.82) is 0 Å². The van der Waals surface area contributed by atoms with Gasteiger partial charge in [-0.1, -0.05) is 18.2 Å². The van der Waals surface area contributed by atoms with Crippen molar-refractivity contribution >= 4 is 11.7 Å². The van der Waals surface area contributed by atoms with Gasteiger partial charge in [-0.3, -0.25) is 0 Å². The summed E-state index contributed by atoms with van der Waals surface area (Å²) in [5.74, 6) is 0. The number of morpholine rings is 1. The van der Waals surface area contributed by atoms with Crippen LogP contribution < -0.4 is 4.90 Å². The smallest absolute Gasteiger partial charge is 0.378 e. The van der Waals surface area contributed by atoms with Gasteiger partial charge in [-0.25, -0.2) is 9.69 Å². The normalized spacial score (nSPS) is 16.3. The molecule has 1 aromatic rings. The number of hydrogen-bond donors (Lipinski definition) is 0. The number of hydrogen-bond acceptors (Lipinski definition) is 2. The number of carbonyl (C=O) groups is 1. The number of amides is 2. The molecule has 1 aliphatic rings. The van der Waals surface area contributed by atoms with Crippen LogP contribution in [0.4, 0.5) is 23.7 Å². The highest BCUT2D eigenvalue weighted by molar-refractivity contribution is 5.92. The number of urea groups is 1. The molecule has 1 saturated heterocycles. The average Bonchev–Trinajstić information content (AvgIpc) is 2.39. The largest absolute Gasteiger partial charge is 0.493 e. The van der Waals surface area contributed by atoms with Gasteiger partial charge in [0, 0.05) is 13.1 Å². The van der Waals surface area contributed by atoms with Gasteiger partial charge < -0.3 is 9.64 Å². The van der Waals surface area contributed by atoms with E-state index in [0.29, 0.717) is 0 Å². The van der Waals surface area contributed by atoms with Crippen LogP contribution in [0.25, 0.3) is 0 Å². The number of anilines is 1. The van der Waals surface area contributed by atoms with Gasteiger partial charge >= 0.3 is 12.3 Å². The molecule has 0 N–H and O–H groups in total. The number of benzene rings is 1. The minimum Gasteiger partial charge on any atom is -0.378 e. The maximum absolute atomic E-state index is 13.1. The Hall–Kier alpha value is -1.76. The third-order valence-electron chi connectivity index (χ3n) is 2.74. The maximum Gasteiger partial charge on any atom is 0.493 e. The molecule has 1 aliphatic heterocycles. The summed E-state index contributed by atoms with van der Waals surface area (Å²) in [4.78, 5) is 13.0. The van der Waals surface area contributed by atoms with Gasteiger partial charge in [0.25, 0.3) is 0 Å². The van der Waals surface area contributed by atoms with E-state index in [9.17, 15) is 18.0 Å². The maximum atomic E-state index is 13.1. The molecule has 0 unspecified atom stereocenters. The molecule has 0 aliphatic carbocycles. The predicted molar refractivity (Wildman–Crippen MR) is 62.8 cm³/mol. The molecule has 0 aromatic heterocycles. The van der Waals surface area contributed by atoms with Gasteiger partial charge in [-0.05, 0) is 12.1 Å². The molecular weight excluding hydrogens is 261 g/mol. The van der Waals surface area contributed by atoms with Crippen molar-refractivity contribution in [2.75, 3.05) is 31.2 Å². The number of nitrogens with zero attached hydrogens (tertiary/aromatic N) is 2. The van der Waals surface area contributed by atoms with Crippen molar-refractivity contribution in [1.82, 2.24) is 4.90 Å². The topological polar surface area (TPSA) is 32.8 Å². The molecule has 0 spiro atoms. The van der Waals surface area contributed by atoms with Gasteiger partial charge in [-0.2, -0.15) is 0 Å². The number of carbonyl (C=O) groups excluding carboxylic acids is 1. The molecule has 0 saturated carbocycles. The van der Waals surface area contributed by atoms with Crippen LogP contribution in [-0.4, -0.2) is 43.5 Å². The predicted octanol–water partition coefficient (Wildman–Crippen LogP) is 2.47. The fraction of sp³-hybridized carbons (Fsp3) is 0.417. The molecule has 0 bridgehead atoms. The summed E-state index contributed by atoms with van der Waals surface area (Å²) < 4.78 is 44.2. The summed E-state index contributed by atoms with van der Waals surface area (Å²) in [6.07, 6.45) is -4.75. The summed E-state index contributed by atoms with van der Waals surface area (Å²) in [7, 11) is 0. The average molecular weight is 274 g/mol. The van der Waals surface area contributed by atoms with E-state index in [1.54, 1.807) is 6.07 Å². The zero-order valence-corrected chi connectivity index (χ0v) is 10.1.